The summed E-state index contributed by atoms with van der Waals surface area (Å²) in [5.41, 5.74) is 4.50. The fourth-order valence-corrected chi connectivity index (χ4v) is 4.27. The number of nitrogens with zero attached hydrogens (tertiary/aromatic N) is 7. The van der Waals surface area contributed by atoms with E-state index in [4.69, 9.17) is 4.74 Å². The van der Waals surface area contributed by atoms with Crippen molar-refractivity contribution in [3.63, 3.8) is 0 Å². The lowest BCUT2D eigenvalue weighted by Crippen LogP contribution is -2.23. The number of fused-ring (bicyclic) bond motifs is 2. The van der Waals surface area contributed by atoms with Crippen molar-refractivity contribution in [3.05, 3.63) is 64.6 Å². The molecule has 0 spiro atoms. The van der Waals surface area contributed by atoms with Crippen LogP contribution in [-0.4, -0.2) is 45.8 Å². The summed E-state index contributed by atoms with van der Waals surface area (Å²) in [5, 5.41) is 9.57. The Hall–Kier alpha value is -4.18. The number of imidazole rings is 1. The number of hydrogen-bond donors (Lipinski definition) is 1. The molecule has 0 saturated heterocycles. The van der Waals surface area contributed by atoms with Gasteiger partial charge in [0, 0.05) is 24.2 Å². The highest BCUT2D eigenvalue weighted by molar-refractivity contribution is 5.83. The normalized spacial score (nSPS) is 13.6. The largest absolute Gasteiger partial charge is 0.464 e. The number of hydrogen-bond acceptors (Lipinski definition) is 8. The van der Waals surface area contributed by atoms with E-state index in [0.29, 0.717) is 40.8 Å². The fraction of sp³-hybridized carbons (Fsp3) is 0.280. The van der Waals surface area contributed by atoms with Crippen molar-refractivity contribution in [2.45, 2.75) is 32.3 Å². The number of rotatable bonds is 6. The van der Waals surface area contributed by atoms with Crippen LogP contribution in [0.5, 0.6) is 6.01 Å². The molecule has 1 aromatic carbocycles. The van der Waals surface area contributed by atoms with Gasteiger partial charge in [-0.3, -0.25) is 14.3 Å². The van der Waals surface area contributed by atoms with Crippen LogP contribution in [-0.2, 0) is 13.7 Å². The Labute approximate surface area is 199 Å². The Bertz CT molecular complexity index is 1640. The van der Waals surface area contributed by atoms with Crippen LogP contribution in [0.1, 0.15) is 37.2 Å². The number of aliphatic hydroxyl groups excluding tert-OH is 1. The molecule has 4 aromatic heterocycles. The minimum absolute atomic E-state index is 0.176. The maximum Gasteiger partial charge on any atom is 0.318 e. The lowest BCUT2D eigenvalue weighted by Gasteiger charge is -2.13. The van der Waals surface area contributed by atoms with Gasteiger partial charge in [0.2, 0.25) is 0 Å². The molecule has 1 aliphatic carbocycles. The van der Waals surface area contributed by atoms with Crippen molar-refractivity contribution in [3.8, 4) is 23.0 Å². The summed E-state index contributed by atoms with van der Waals surface area (Å²) in [6.45, 7) is 2.07. The lowest BCUT2D eigenvalue weighted by atomic mass is 10.1. The Kier molecular flexibility index (Phi) is 5.03. The van der Waals surface area contributed by atoms with Crippen LogP contribution in [0.4, 0.5) is 0 Å². The summed E-state index contributed by atoms with van der Waals surface area (Å²) in [7, 11) is 1.83. The van der Waals surface area contributed by atoms with E-state index in [1.165, 1.54) is 4.57 Å². The van der Waals surface area contributed by atoms with Crippen molar-refractivity contribution in [1.82, 2.24) is 34.1 Å². The summed E-state index contributed by atoms with van der Waals surface area (Å²) in [6.07, 6.45) is 5.56. The van der Waals surface area contributed by atoms with E-state index < -0.39 is 0 Å². The zero-order chi connectivity index (χ0) is 24.1. The molecular formula is C25H23N7O3. The quantitative estimate of drug-likeness (QED) is 0.403. The van der Waals surface area contributed by atoms with Crippen molar-refractivity contribution < 1.29 is 9.84 Å². The first kappa shape index (κ1) is 21.4. The van der Waals surface area contributed by atoms with Crippen LogP contribution in [0.3, 0.4) is 0 Å². The maximum atomic E-state index is 13.9. The third kappa shape index (κ3) is 3.62. The van der Waals surface area contributed by atoms with E-state index in [9.17, 15) is 9.90 Å². The van der Waals surface area contributed by atoms with Gasteiger partial charge in [-0.15, -0.1) is 0 Å². The second-order valence-corrected chi connectivity index (χ2v) is 8.56. The van der Waals surface area contributed by atoms with Crippen molar-refractivity contribution in [1.29, 1.82) is 0 Å². The molecule has 1 fully saturated rings. The van der Waals surface area contributed by atoms with Gasteiger partial charge in [0.15, 0.2) is 5.65 Å². The van der Waals surface area contributed by atoms with Gasteiger partial charge in [-0.25, -0.2) is 15.0 Å². The minimum Gasteiger partial charge on any atom is -0.464 e. The fourth-order valence-electron chi connectivity index (χ4n) is 4.27. The molecule has 6 rings (SSSR count). The monoisotopic (exact) mass is 469 g/mol. The molecule has 0 atom stereocenters. The van der Waals surface area contributed by atoms with Gasteiger partial charge in [-0.2, -0.15) is 4.98 Å². The van der Waals surface area contributed by atoms with E-state index in [0.717, 1.165) is 29.6 Å². The molecule has 10 nitrogen and oxygen atoms in total. The van der Waals surface area contributed by atoms with Gasteiger partial charge < -0.3 is 14.4 Å². The highest BCUT2D eigenvalue weighted by Crippen LogP contribution is 2.39. The number of aromatic nitrogens is 7. The standard InChI is InChI=1S/C25H23N7O3/c1-3-35-25-27-12-19-23(30-25)32(16-7-9-17(26-11-16)14-4-5-14)24(34)22(29-19)15-6-8-18-20(10-15)31(2)21(13-33)28-18/h6-12,14,33H,3-5,13H2,1-2H3. The third-order valence-corrected chi connectivity index (χ3v) is 6.26. The van der Waals surface area contributed by atoms with Gasteiger partial charge in [-0.05, 0) is 44.0 Å². The highest BCUT2D eigenvalue weighted by atomic mass is 16.5. The van der Waals surface area contributed by atoms with Crippen LogP contribution in [0.2, 0.25) is 0 Å². The van der Waals surface area contributed by atoms with Crippen LogP contribution in [0, 0.1) is 0 Å². The molecule has 176 valence electrons. The predicted octanol–water partition coefficient (Wildman–Crippen LogP) is 2.89. The molecule has 0 amide bonds. The average Bonchev–Trinajstić information content (AvgIpc) is 3.68. The van der Waals surface area contributed by atoms with E-state index >= 15 is 0 Å². The van der Waals surface area contributed by atoms with Crippen LogP contribution < -0.4 is 10.3 Å². The van der Waals surface area contributed by atoms with E-state index in [-0.39, 0.29) is 23.9 Å². The molecule has 10 heteroatoms. The Balaban J connectivity index is 1.58. The molecule has 4 heterocycles. The van der Waals surface area contributed by atoms with Crippen molar-refractivity contribution in [2.75, 3.05) is 6.61 Å². The minimum atomic E-state index is -0.330. The molecule has 0 aliphatic heterocycles. The number of benzene rings is 1. The Morgan fingerprint density at radius 1 is 1.06 bits per heavy atom. The summed E-state index contributed by atoms with van der Waals surface area (Å²) in [5.74, 6) is 1.05. The molecule has 35 heavy (non-hydrogen) atoms. The zero-order valence-corrected chi connectivity index (χ0v) is 19.3. The number of ether oxygens (including phenoxy) is 1. The maximum absolute atomic E-state index is 13.9. The molecule has 0 unspecified atom stereocenters. The average molecular weight is 470 g/mol. The summed E-state index contributed by atoms with van der Waals surface area (Å²) < 4.78 is 8.80. The summed E-state index contributed by atoms with van der Waals surface area (Å²) in [6, 6.07) is 9.52. The second-order valence-electron chi connectivity index (χ2n) is 8.56. The van der Waals surface area contributed by atoms with Gasteiger partial charge in [-0.1, -0.05) is 6.07 Å². The number of pyridine rings is 1. The van der Waals surface area contributed by atoms with E-state index in [1.54, 1.807) is 23.0 Å². The predicted molar refractivity (Wildman–Crippen MR) is 129 cm³/mol. The van der Waals surface area contributed by atoms with Crippen molar-refractivity contribution in [2.24, 2.45) is 7.05 Å². The summed E-state index contributed by atoms with van der Waals surface area (Å²) >= 11 is 0. The van der Waals surface area contributed by atoms with Crippen molar-refractivity contribution >= 4 is 22.2 Å². The number of aliphatic hydroxyl groups is 1. The molecule has 1 saturated carbocycles. The van der Waals surface area contributed by atoms with E-state index in [1.807, 2.05) is 38.2 Å². The second kappa shape index (κ2) is 8.24. The Morgan fingerprint density at radius 3 is 2.63 bits per heavy atom. The smallest absolute Gasteiger partial charge is 0.318 e. The zero-order valence-electron chi connectivity index (χ0n) is 19.3. The van der Waals surface area contributed by atoms with Gasteiger partial charge in [0.1, 0.15) is 23.6 Å². The van der Waals surface area contributed by atoms with Crippen LogP contribution in [0.15, 0.2) is 47.5 Å². The topological polar surface area (TPSA) is 121 Å². The molecule has 0 bridgehead atoms. The molecular weight excluding hydrogens is 446 g/mol. The Morgan fingerprint density at radius 2 is 1.91 bits per heavy atom. The molecule has 1 N–H and O–H groups in total. The number of aryl methyl sites for hydroxylation is 1. The first-order valence-corrected chi connectivity index (χ1v) is 11.5. The lowest BCUT2D eigenvalue weighted by molar-refractivity contribution is 0.268. The van der Waals surface area contributed by atoms with Crippen LogP contribution in [0.25, 0.3) is 39.1 Å². The third-order valence-electron chi connectivity index (χ3n) is 6.26. The SMILES string of the molecule is CCOc1ncc2nc(-c3ccc4nc(CO)n(C)c4c3)c(=O)n(-c3ccc(C4CC4)nc3)c2n1. The van der Waals surface area contributed by atoms with Gasteiger partial charge in [0.25, 0.3) is 5.56 Å². The molecule has 5 aromatic rings. The first-order valence-electron chi connectivity index (χ1n) is 11.5. The van der Waals surface area contributed by atoms with E-state index in [2.05, 4.69) is 24.9 Å². The first-order chi connectivity index (χ1) is 17.1. The molecule has 0 radical (unpaired) electrons. The summed E-state index contributed by atoms with van der Waals surface area (Å²) in [4.78, 5) is 36.3. The van der Waals surface area contributed by atoms with Crippen LogP contribution >= 0.6 is 0 Å². The molecule has 1 aliphatic rings. The van der Waals surface area contributed by atoms with Gasteiger partial charge >= 0.3 is 6.01 Å². The van der Waals surface area contributed by atoms with Gasteiger partial charge in [0.05, 0.1) is 35.7 Å². The highest BCUT2D eigenvalue weighted by Gasteiger charge is 2.25.